The minimum Gasteiger partial charge on any atom is -0.490 e. The molecule has 34 heavy (non-hydrogen) atoms. The zero-order chi connectivity index (χ0) is 22.9. The van der Waals surface area contributed by atoms with Gasteiger partial charge in [0.25, 0.3) is 0 Å². The molecule has 0 bridgehead atoms. The van der Waals surface area contributed by atoms with Crippen molar-refractivity contribution in [2.24, 2.45) is 5.73 Å². The normalized spacial score (nSPS) is 12.4. The van der Waals surface area contributed by atoms with E-state index < -0.39 is 0 Å². The monoisotopic (exact) mass is 444 g/mol. The first kappa shape index (κ1) is 20.4. The number of para-hydroxylation sites is 2. The maximum Gasteiger partial charge on any atom is 0.138 e. The number of hydrogen-bond acceptors (Lipinski definition) is 4. The number of H-pyrrole nitrogens is 1. The van der Waals surface area contributed by atoms with Gasteiger partial charge in [0.1, 0.15) is 12.4 Å². The number of benzene rings is 3. The van der Waals surface area contributed by atoms with Gasteiger partial charge in [0.05, 0.1) is 17.2 Å². The molecular formula is C29H24N4O. The summed E-state index contributed by atoms with van der Waals surface area (Å²) < 4.78 is 6.03. The van der Waals surface area contributed by atoms with Crippen molar-refractivity contribution < 1.29 is 4.74 Å². The van der Waals surface area contributed by atoms with E-state index in [-0.39, 0.29) is 6.04 Å². The van der Waals surface area contributed by atoms with Crippen LogP contribution in [0.2, 0.25) is 0 Å². The van der Waals surface area contributed by atoms with E-state index in [4.69, 9.17) is 10.5 Å². The molecule has 3 aromatic heterocycles. The van der Waals surface area contributed by atoms with E-state index in [1.54, 1.807) is 6.20 Å². The Bertz CT molecular complexity index is 1620. The van der Waals surface area contributed by atoms with Crippen LogP contribution in [0.4, 0.5) is 0 Å². The predicted molar refractivity (Wildman–Crippen MR) is 138 cm³/mol. The Morgan fingerprint density at radius 3 is 2.56 bits per heavy atom. The molecule has 0 radical (unpaired) electrons. The first-order valence-corrected chi connectivity index (χ1v) is 11.4. The van der Waals surface area contributed by atoms with Crippen LogP contribution in [0.15, 0.2) is 97.5 Å². The van der Waals surface area contributed by atoms with Gasteiger partial charge in [-0.1, -0.05) is 42.5 Å². The third kappa shape index (κ3) is 3.98. The van der Waals surface area contributed by atoms with Gasteiger partial charge in [0, 0.05) is 45.7 Å². The molecule has 3 heterocycles. The molecule has 6 aromatic rings. The summed E-state index contributed by atoms with van der Waals surface area (Å²) in [7, 11) is 0. The van der Waals surface area contributed by atoms with Crippen molar-refractivity contribution >= 4 is 32.7 Å². The molecule has 0 spiro atoms. The Balaban J connectivity index is 1.20. The highest BCUT2D eigenvalue weighted by atomic mass is 16.5. The molecule has 6 rings (SSSR count). The molecule has 0 aliphatic heterocycles. The SMILES string of the molecule is N[C@H](COc1cnc2ccc(-c3cnc4ccccc4c3)cc2c1)Cc1c[nH]c2ccccc12. The van der Waals surface area contributed by atoms with E-state index in [9.17, 15) is 0 Å². The summed E-state index contributed by atoms with van der Waals surface area (Å²) >= 11 is 0. The molecule has 0 saturated heterocycles. The molecule has 5 nitrogen and oxygen atoms in total. The fraction of sp³-hybridized carbons (Fsp3) is 0.103. The molecule has 0 saturated carbocycles. The lowest BCUT2D eigenvalue weighted by Crippen LogP contribution is -2.30. The molecule has 0 fully saturated rings. The molecule has 0 aliphatic carbocycles. The van der Waals surface area contributed by atoms with Gasteiger partial charge in [-0.15, -0.1) is 0 Å². The van der Waals surface area contributed by atoms with Crippen LogP contribution in [0.5, 0.6) is 5.75 Å². The first-order valence-electron chi connectivity index (χ1n) is 11.4. The van der Waals surface area contributed by atoms with E-state index in [2.05, 4.69) is 51.4 Å². The van der Waals surface area contributed by atoms with Gasteiger partial charge in [0.2, 0.25) is 0 Å². The van der Waals surface area contributed by atoms with Gasteiger partial charge in [-0.05, 0) is 53.9 Å². The quantitative estimate of drug-likeness (QED) is 0.336. The summed E-state index contributed by atoms with van der Waals surface area (Å²) in [5.74, 6) is 0.718. The van der Waals surface area contributed by atoms with Crippen molar-refractivity contribution in [1.82, 2.24) is 15.0 Å². The van der Waals surface area contributed by atoms with E-state index in [1.807, 2.05) is 54.9 Å². The predicted octanol–water partition coefficient (Wildman–Crippen LogP) is 5.88. The number of nitrogens with two attached hydrogens (primary N) is 1. The Morgan fingerprint density at radius 1 is 0.794 bits per heavy atom. The highest BCUT2D eigenvalue weighted by Gasteiger charge is 2.10. The van der Waals surface area contributed by atoms with Crippen molar-refractivity contribution in [2.75, 3.05) is 6.61 Å². The summed E-state index contributed by atoms with van der Waals surface area (Å²) in [5, 5.41) is 3.36. The van der Waals surface area contributed by atoms with Gasteiger partial charge < -0.3 is 15.5 Å². The Hall–Kier alpha value is -4.22. The van der Waals surface area contributed by atoms with Crippen LogP contribution in [0, 0.1) is 0 Å². The zero-order valence-electron chi connectivity index (χ0n) is 18.6. The molecule has 0 unspecified atom stereocenters. The maximum atomic E-state index is 6.40. The summed E-state index contributed by atoms with van der Waals surface area (Å²) in [5.41, 5.74) is 12.8. The van der Waals surface area contributed by atoms with Gasteiger partial charge in [-0.25, -0.2) is 0 Å². The molecule has 1 atom stereocenters. The Labute approximate surface area is 197 Å². The lowest BCUT2D eigenvalue weighted by atomic mass is 10.0. The second kappa shape index (κ2) is 8.61. The third-order valence-electron chi connectivity index (χ3n) is 6.20. The molecule has 3 aromatic carbocycles. The highest BCUT2D eigenvalue weighted by molar-refractivity contribution is 5.88. The van der Waals surface area contributed by atoms with Crippen molar-refractivity contribution in [3.63, 3.8) is 0 Å². The van der Waals surface area contributed by atoms with Crippen LogP contribution in [-0.4, -0.2) is 27.6 Å². The second-order valence-corrected chi connectivity index (χ2v) is 8.63. The number of nitrogens with zero attached hydrogens (tertiary/aromatic N) is 2. The number of aromatic nitrogens is 3. The van der Waals surface area contributed by atoms with E-state index in [1.165, 1.54) is 10.9 Å². The summed E-state index contributed by atoms with van der Waals surface area (Å²) in [6.45, 7) is 0.418. The zero-order valence-corrected chi connectivity index (χ0v) is 18.6. The smallest absolute Gasteiger partial charge is 0.138 e. The summed E-state index contributed by atoms with van der Waals surface area (Å²) in [6.07, 6.45) is 6.45. The maximum absolute atomic E-state index is 6.40. The van der Waals surface area contributed by atoms with Crippen LogP contribution in [0.3, 0.4) is 0 Å². The average molecular weight is 445 g/mol. The van der Waals surface area contributed by atoms with Crippen molar-refractivity contribution in [3.8, 4) is 16.9 Å². The molecule has 166 valence electrons. The topological polar surface area (TPSA) is 76.8 Å². The molecular weight excluding hydrogens is 420 g/mol. The first-order chi connectivity index (χ1) is 16.7. The van der Waals surface area contributed by atoms with Crippen LogP contribution in [0.1, 0.15) is 5.56 Å². The second-order valence-electron chi connectivity index (χ2n) is 8.63. The van der Waals surface area contributed by atoms with Gasteiger partial charge in [-0.2, -0.15) is 0 Å². The standard InChI is InChI=1S/C29H24N4O/c30-24(13-23-16-32-29-8-4-2-6-26(23)29)18-34-25-14-21-11-19(9-10-28(21)33-17-25)22-12-20-5-1-3-7-27(20)31-15-22/h1-12,14-17,24,32H,13,18,30H2/t24-/m0/s1. The van der Waals surface area contributed by atoms with E-state index >= 15 is 0 Å². The summed E-state index contributed by atoms with van der Waals surface area (Å²) in [6, 6.07) is 26.7. The van der Waals surface area contributed by atoms with Crippen LogP contribution in [0.25, 0.3) is 43.8 Å². The van der Waals surface area contributed by atoms with Crippen LogP contribution < -0.4 is 10.5 Å². The molecule has 5 heteroatoms. The number of nitrogens with one attached hydrogen (secondary N) is 1. The van der Waals surface area contributed by atoms with Gasteiger partial charge >= 0.3 is 0 Å². The highest BCUT2D eigenvalue weighted by Crippen LogP contribution is 2.27. The Morgan fingerprint density at radius 2 is 1.59 bits per heavy atom. The van der Waals surface area contributed by atoms with Gasteiger partial charge in [-0.3, -0.25) is 9.97 Å². The largest absolute Gasteiger partial charge is 0.490 e. The summed E-state index contributed by atoms with van der Waals surface area (Å²) in [4.78, 5) is 12.5. The van der Waals surface area contributed by atoms with Crippen molar-refractivity contribution in [3.05, 3.63) is 103 Å². The van der Waals surface area contributed by atoms with E-state index in [0.29, 0.717) is 6.61 Å². The average Bonchev–Trinajstić information content (AvgIpc) is 3.29. The van der Waals surface area contributed by atoms with Crippen LogP contribution >= 0.6 is 0 Å². The number of fused-ring (bicyclic) bond motifs is 3. The molecule has 0 aliphatic rings. The molecule has 0 amide bonds. The minimum absolute atomic E-state index is 0.120. The van der Waals surface area contributed by atoms with Crippen molar-refractivity contribution in [2.45, 2.75) is 12.5 Å². The minimum atomic E-state index is -0.120. The number of aromatic amines is 1. The molecule has 3 N–H and O–H groups in total. The lowest BCUT2D eigenvalue weighted by molar-refractivity contribution is 0.287. The fourth-order valence-corrected chi connectivity index (χ4v) is 4.44. The number of rotatable bonds is 6. The lowest BCUT2D eigenvalue weighted by Gasteiger charge is -2.13. The van der Waals surface area contributed by atoms with Crippen molar-refractivity contribution in [1.29, 1.82) is 0 Å². The number of ether oxygens (including phenoxy) is 1. The van der Waals surface area contributed by atoms with Crippen LogP contribution in [-0.2, 0) is 6.42 Å². The number of pyridine rings is 2. The number of hydrogen-bond donors (Lipinski definition) is 2. The Kier molecular flexibility index (Phi) is 5.17. The van der Waals surface area contributed by atoms with Gasteiger partial charge in [0.15, 0.2) is 0 Å². The fourth-order valence-electron chi connectivity index (χ4n) is 4.44. The van der Waals surface area contributed by atoms with E-state index in [0.717, 1.165) is 50.6 Å². The third-order valence-corrected chi connectivity index (χ3v) is 6.20.